The van der Waals surface area contributed by atoms with Gasteiger partial charge in [-0.25, -0.2) is 0 Å². The summed E-state index contributed by atoms with van der Waals surface area (Å²) in [5, 5.41) is 16.9. The summed E-state index contributed by atoms with van der Waals surface area (Å²) >= 11 is 9.46. The van der Waals surface area contributed by atoms with Crippen LogP contribution in [0.1, 0.15) is 0 Å². The zero-order valence-corrected chi connectivity index (χ0v) is 16.3. The first-order valence-electron chi connectivity index (χ1n) is 8.46. The number of hydrogen-bond donors (Lipinski definition) is 2. The standard InChI is InChI=1S/C21H18BrClN2O/c22-14-5-10-21-19(11-14)18-3-1-2-4-20(18)25(21)13-17(26)12-24-16-8-6-15(23)7-9-16/h1-11,17,24,26H,12-13H2. The molecule has 3 nitrogen and oxygen atoms in total. The second-order valence-electron chi connectivity index (χ2n) is 6.33. The van der Waals surface area contributed by atoms with Crippen LogP contribution in [0.15, 0.2) is 71.2 Å². The number of para-hydroxylation sites is 1. The van der Waals surface area contributed by atoms with Crippen molar-refractivity contribution in [2.75, 3.05) is 11.9 Å². The Balaban J connectivity index is 1.60. The van der Waals surface area contributed by atoms with Crippen molar-refractivity contribution < 1.29 is 5.11 Å². The molecule has 1 aromatic heterocycles. The van der Waals surface area contributed by atoms with E-state index in [9.17, 15) is 5.11 Å². The van der Waals surface area contributed by atoms with Crippen LogP contribution in [-0.4, -0.2) is 22.3 Å². The largest absolute Gasteiger partial charge is 0.389 e. The Labute approximate surface area is 165 Å². The highest BCUT2D eigenvalue weighted by molar-refractivity contribution is 9.10. The van der Waals surface area contributed by atoms with Gasteiger partial charge in [-0.3, -0.25) is 0 Å². The first-order chi connectivity index (χ1) is 12.6. The Hall–Kier alpha value is -2.01. The first-order valence-corrected chi connectivity index (χ1v) is 9.63. The number of nitrogens with one attached hydrogen (secondary N) is 1. The fourth-order valence-electron chi connectivity index (χ4n) is 3.30. The van der Waals surface area contributed by atoms with E-state index >= 15 is 0 Å². The van der Waals surface area contributed by atoms with E-state index in [2.05, 4.69) is 50.1 Å². The molecule has 0 amide bonds. The van der Waals surface area contributed by atoms with Crippen LogP contribution in [-0.2, 0) is 6.54 Å². The van der Waals surface area contributed by atoms with E-state index in [4.69, 9.17) is 11.6 Å². The fraction of sp³-hybridized carbons (Fsp3) is 0.143. The predicted molar refractivity (Wildman–Crippen MR) is 113 cm³/mol. The number of hydrogen-bond acceptors (Lipinski definition) is 2. The number of benzene rings is 3. The van der Waals surface area contributed by atoms with Gasteiger partial charge in [-0.05, 0) is 48.5 Å². The molecule has 4 rings (SSSR count). The van der Waals surface area contributed by atoms with Crippen LogP contribution in [0.3, 0.4) is 0 Å². The molecule has 3 aromatic carbocycles. The molecule has 0 fully saturated rings. The summed E-state index contributed by atoms with van der Waals surface area (Å²) in [7, 11) is 0. The quantitative estimate of drug-likeness (QED) is 0.428. The monoisotopic (exact) mass is 428 g/mol. The van der Waals surface area contributed by atoms with Gasteiger partial charge in [0.05, 0.1) is 12.6 Å². The third-order valence-corrected chi connectivity index (χ3v) is 5.26. The van der Waals surface area contributed by atoms with Gasteiger partial charge in [0.25, 0.3) is 0 Å². The molecule has 1 atom stereocenters. The summed E-state index contributed by atoms with van der Waals surface area (Å²) in [5.74, 6) is 0. The van der Waals surface area contributed by atoms with Gasteiger partial charge in [0.15, 0.2) is 0 Å². The molecule has 26 heavy (non-hydrogen) atoms. The minimum absolute atomic E-state index is 0.464. The number of rotatable bonds is 5. The zero-order chi connectivity index (χ0) is 18.1. The lowest BCUT2D eigenvalue weighted by Crippen LogP contribution is -2.24. The average molecular weight is 430 g/mol. The molecule has 0 aliphatic heterocycles. The van der Waals surface area contributed by atoms with Crippen LogP contribution in [0.2, 0.25) is 5.02 Å². The molecule has 0 saturated heterocycles. The average Bonchev–Trinajstić information content (AvgIpc) is 2.95. The van der Waals surface area contributed by atoms with Gasteiger partial charge in [0.2, 0.25) is 0 Å². The molecule has 2 N–H and O–H groups in total. The zero-order valence-electron chi connectivity index (χ0n) is 14.0. The van der Waals surface area contributed by atoms with E-state index in [-0.39, 0.29) is 0 Å². The molecule has 0 aliphatic carbocycles. The minimum atomic E-state index is -0.520. The number of aliphatic hydroxyl groups excluding tert-OH is 1. The number of halogens is 2. The summed E-state index contributed by atoms with van der Waals surface area (Å²) in [6.07, 6.45) is -0.520. The Morgan fingerprint density at radius 2 is 1.69 bits per heavy atom. The molecular formula is C21H18BrClN2O. The van der Waals surface area contributed by atoms with Crippen molar-refractivity contribution in [2.45, 2.75) is 12.6 Å². The van der Waals surface area contributed by atoms with Gasteiger partial charge >= 0.3 is 0 Å². The number of anilines is 1. The maximum absolute atomic E-state index is 10.6. The highest BCUT2D eigenvalue weighted by Gasteiger charge is 2.13. The maximum Gasteiger partial charge on any atom is 0.0891 e. The Kier molecular flexibility index (Phi) is 4.90. The molecule has 0 saturated carbocycles. The highest BCUT2D eigenvalue weighted by Crippen LogP contribution is 2.31. The van der Waals surface area contributed by atoms with Gasteiger partial charge in [-0.2, -0.15) is 0 Å². The van der Waals surface area contributed by atoms with E-state index in [1.807, 2.05) is 42.5 Å². The van der Waals surface area contributed by atoms with Gasteiger partial charge in [-0.15, -0.1) is 0 Å². The Morgan fingerprint density at radius 3 is 2.50 bits per heavy atom. The molecule has 0 bridgehead atoms. The lowest BCUT2D eigenvalue weighted by atomic mass is 10.2. The third kappa shape index (κ3) is 3.45. The van der Waals surface area contributed by atoms with Crippen LogP contribution >= 0.6 is 27.5 Å². The number of aliphatic hydroxyl groups is 1. The smallest absolute Gasteiger partial charge is 0.0891 e. The summed E-state index contributed by atoms with van der Waals surface area (Å²) < 4.78 is 3.24. The van der Waals surface area contributed by atoms with Crippen LogP contribution in [0.5, 0.6) is 0 Å². The van der Waals surface area contributed by atoms with Crippen molar-refractivity contribution >= 4 is 55.0 Å². The van der Waals surface area contributed by atoms with Gasteiger partial charge in [0, 0.05) is 43.5 Å². The molecular weight excluding hydrogens is 412 g/mol. The third-order valence-electron chi connectivity index (χ3n) is 4.51. The topological polar surface area (TPSA) is 37.2 Å². The van der Waals surface area contributed by atoms with E-state index < -0.39 is 6.10 Å². The van der Waals surface area contributed by atoms with Crippen LogP contribution in [0.25, 0.3) is 21.8 Å². The first kappa shape index (κ1) is 17.4. The van der Waals surface area contributed by atoms with Gasteiger partial charge in [-0.1, -0.05) is 45.7 Å². The summed E-state index contributed by atoms with van der Waals surface area (Å²) in [4.78, 5) is 0. The van der Waals surface area contributed by atoms with E-state index in [0.29, 0.717) is 18.1 Å². The van der Waals surface area contributed by atoms with Crippen molar-refractivity contribution in [1.82, 2.24) is 4.57 Å². The van der Waals surface area contributed by atoms with E-state index in [0.717, 1.165) is 21.2 Å². The SMILES string of the molecule is OC(CNc1ccc(Cl)cc1)Cn1c2ccccc2c2cc(Br)ccc21. The normalized spacial score (nSPS) is 12.6. The Bertz CT molecular complexity index is 1060. The van der Waals surface area contributed by atoms with E-state index in [1.54, 1.807) is 0 Å². The molecule has 1 heterocycles. The number of nitrogens with zero attached hydrogens (tertiary/aromatic N) is 1. The summed E-state index contributed by atoms with van der Waals surface area (Å²) in [5.41, 5.74) is 3.20. The van der Waals surface area contributed by atoms with E-state index in [1.165, 1.54) is 10.8 Å². The molecule has 0 aliphatic rings. The number of aromatic nitrogens is 1. The van der Waals surface area contributed by atoms with Gasteiger partial charge in [0.1, 0.15) is 0 Å². The van der Waals surface area contributed by atoms with Crippen molar-refractivity contribution in [3.8, 4) is 0 Å². The van der Waals surface area contributed by atoms with Crippen LogP contribution < -0.4 is 5.32 Å². The summed E-state index contributed by atoms with van der Waals surface area (Å²) in [6, 6.07) is 22.1. The number of fused-ring (bicyclic) bond motifs is 3. The van der Waals surface area contributed by atoms with Crippen LogP contribution in [0.4, 0.5) is 5.69 Å². The van der Waals surface area contributed by atoms with Crippen molar-refractivity contribution in [1.29, 1.82) is 0 Å². The van der Waals surface area contributed by atoms with Crippen molar-refractivity contribution in [3.63, 3.8) is 0 Å². The fourth-order valence-corrected chi connectivity index (χ4v) is 3.79. The second kappa shape index (κ2) is 7.31. The maximum atomic E-state index is 10.6. The summed E-state index contributed by atoms with van der Waals surface area (Å²) in [6.45, 7) is 0.985. The molecule has 4 aromatic rings. The molecule has 1 unspecified atom stereocenters. The molecule has 132 valence electrons. The lowest BCUT2D eigenvalue weighted by molar-refractivity contribution is 0.169. The van der Waals surface area contributed by atoms with Gasteiger partial charge < -0.3 is 15.0 Å². The second-order valence-corrected chi connectivity index (χ2v) is 7.68. The lowest BCUT2D eigenvalue weighted by Gasteiger charge is -2.15. The molecule has 5 heteroatoms. The minimum Gasteiger partial charge on any atom is -0.389 e. The predicted octanol–water partition coefficient (Wildman–Crippen LogP) is 5.68. The molecule has 0 radical (unpaired) electrons. The van der Waals surface area contributed by atoms with Crippen molar-refractivity contribution in [3.05, 3.63) is 76.2 Å². The van der Waals surface area contributed by atoms with Crippen LogP contribution in [0, 0.1) is 0 Å². The highest BCUT2D eigenvalue weighted by atomic mass is 79.9. The molecule has 0 spiro atoms. The van der Waals surface area contributed by atoms with Crippen molar-refractivity contribution in [2.24, 2.45) is 0 Å². The Morgan fingerprint density at radius 1 is 0.962 bits per heavy atom.